The lowest BCUT2D eigenvalue weighted by Gasteiger charge is -2.26. The zero-order valence-corrected chi connectivity index (χ0v) is 12.7. The summed E-state index contributed by atoms with van der Waals surface area (Å²) in [6.45, 7) is 5.30. The van der Waals surface area contributed by atoms with Crippen LogP contribution in [0, 0.1) is 0 Å². The van der Waals surface area contributed by atoms with Gasteiger partial charge in [0.2, 0.25) is 0 Å². The zero-order chi connectivity index (χ0) is 13.7. The van der Waals surface area contributed by atoms with E-state index in [1.54, 1.807) is 7.11 Å². The molecule has 1 aromatic rings. The van der Waals surface area contributed by atoms with Crippen molar-refractivity contribution in [3.63, 3.8) is 0 Å². The molecule has 3 nitrogen and oxygen atoms in total. The van der Waals surface area contributed by atoms with Crippen LogP contribution in [-0.2, 0) is 6.42 Å². The fourth-order valence-corrected chi connectivity index (χ4v) is 3.44. The maximum absolute atomic E-state index is 5.23. The third-order valence-electron chi connectivity index (χ3n) is 3.16. The highest BCUT2D eigenvalue weighted by molar-refractivity contribution is 8.14. The van der Waals surface area contributed by atoms with Crippen molar-refractivity contribution in [3.05, 3.63) is 29.8 Å². The van der Waals surface area contributed by atoms with Gasteiger partial charge in [-0.3, -0.25) is 4.99 Å². The van der Waals surface area contributed by atoms with Crippen LogP contribution in [0.15, 0.2) is 29.3 Å². The van der Waals surface area contributed by atoms with Crippen molar-refractivity contribution in [2.24, 2.45) is 4.99 Å². The summed E-state index contributed by atoms with van der Waals surface area (Å²) in [4.78, 5) is 4.66. The molecule has 0 bridgehead atoms. The van der Waals surface area contributed by atoms with E-state index < -0.39 is 0 Å². The van der Waals surface area contributed by atoms with Gasteiger partial charge >= 0.3 is 0 Å². The SMILES string of the molecule is COc1cccc(CCN=C2NC(C)CC(C)S2)c1. The Labute approximate surface area is 119 Å². The number of ether oxygens (including phenoxy) is 1. The van der Waals surface area contributed by atoms with Crippen molar-refractivity contribution in [2.45, 2.75) is 38.0 Å². The van der Waals surface area contributed by atoms with E-state index in [1.165, 1.54) is 12.0 Å². The van der Waals surface area contributed by atoms with Crippen molar-refractivity contribution in [1.82, 2.24) is 5.32 Å². The molecule has 0 radical (unpaired) electrons. The smallest absolute Gasteiger partial charge is 0.157 e. The average molecular weight is 278 g/mol. The number of aliphatic imine (C=N–C) groups is 1. The number of benzene rings is 1. The van der Waals surface area contributed by atoms with Gasteiger partial charge in [0.15, 0.2) is 5.17 Å². The first-order valence-electron chi connectivity index (χ1n) is 6.78. The molecular weight excluding hydrogens is 256 g/mol. The first-order valence-corrected chi connectivity index (χ1v) is 7.66. The maximum Gasteiger partial charge on any atom is 0.157 e. The molecule has 1 fully saturated rings. The van der Waals surface area contributed by atoms with Gasteiger partial charge in [0.05, 0.1) is 7.11 Å². The molecule has 104 valence electrons. The first-order chi connectivity index (χ1) is 9.17. The summed E-state index contributed by atoms with van der Waals surface area (Å²) in [7, 11) is 1.70. The molecule has 2 atom stereocenters. The topological polar surface area (TPSA) is 33.6 Å². The van der Waals surface area contributed by atoms with Crippen molar-refractivity contribution in [1.29, 1.82) is 0 Å². The van der Waals surface area contributed by atoms with Gasteiger partial charge in [-0.25, -0.2) is 0 Å². The van der Waals surface area contributed by atoms with Crippen molar-refractivity contribution >= 4 is 16.9 Å². The van der Waals surface area contributed by atoms with Crippen LogP contribution in [-0.4, -0.2) is 30.1 Å². The summed E-state index contributed by atoms with van der Waals surface area (Å²) in [6, 6.07) is 8.73. The number of amidine groups is 1. The Morgan fingerprint density at radius 2 is 2.26 bits per heavy atom. The van der Waals surface area contributed by atoms with Crippen LogP contribution >= 0.6 is 11.8 Å². The van der Waals surface area contributed by atoms with E-state index in [9.17, 15) is 0 Å². The van der Waals surface area contributed by atoms with Crippen LogP contribution in [0.25, 0.3) is 0 Å². The van der Waals surface area contributed by atoms with Gasteiger partial charge in [0, 0.05) is 17.8 Å². The standard InChI is InChI=1S/C15H22N2OS/c1-11-9-12(2)19-15(17-11)16-8-7-13-5-4-6-14(10-13)18-3/h4-6,10-12H,7-9H2,1-3H3,(H,16,17). The molecule has 1 saturated heterocycles. The van der Waals surface area contributed by atoms with Crippen LogP contribution in [0.4, 0.5) is 0 Å². The zero-order valence-electron chi connectivity index (χ0n) is 11.8. The largest absolute Gasteiger partial charge is 0.497 e. The summed E-state index contributed by atoms with van der Waals surface area (Å²) in [5.41, 5.74) is 1.27. The molecule has 1 aliphatic rings. The molecule has 0 saturated carbocycles. The van der Waals surface area contributed by atoms with Crippen LogP contribution in [0.1, 0.15) is 25.8 Å². The van der Waals surface area contributed by atoms with E-state index in [0.717, 1.165) is 23.9 Å². The van der Waals surface area contributed by atoms with Crippen LogP contribution in [0.5, 0.6) is 5.75 Å². The highest BCUT2D eigenvalue weighted by Crippen LogP contribution is 2.22. The first kappa shape index (κ1) is 14.3. The number of hydrogen-bond acceptors (Lipinski definition) is 3. The minimum Gasteiger partial charge on any atom is -0.497 e. The van der Waals surface area contributed by atoms with Crippen LogP contribution in [0.2, 0.25) is 0 Å². The summed E-state index contributed by atoms with van der Waals surface area (Å²) < 4.78 is 5.23. The monoisotopic (exact) mass is 278 g/mol. The molecule has 1 aliphatic heterocycles. The minimum absolute atomic E-state index is 0.534. The summed E-state index contributed by atoms with van der Waals surface area (Å²) in [5, 5.41) is 5.19. The molecule has 1 aromatic carbocycles. The van der Waals surface area contributed by atoms with E-state index >= 15 is 0 Å². The number of hydrogen-bond donors (Lipinski definition) is 1. The van der Waals surface area contributed by atoms with E-state index in [2.05, 4.69) is 36.3 Å². The number of nitrogens with one attached hydrogen (secondary N) is 1. The number of rotatable bonds is 4. The Morgan fingerprint density at radius 3 is 3.00 bits per heavy atom. The van der Waals surface area contributed by atoms with Gasteiger partial charge in [0.1, 0.15) is 5.75 Å². The molecule has 1 heterocycles. The Balaban J connectivity index is 1.88. The van der Waals surface area contributed by atoms with Gasteiger partial charge in [-0.1, -0.05) is 30.8 Å². The number of nitrogens with zero attached hydrogens (tertiary/aromatic N) is 1. The lowest BCUT2D eigenvalue weighted by molar-refractivity contribution is 0.414. The van der Waals surface area contributed by atoms with Crippen LogP contribution < -0.4 is 10.1 Å². The molecule has 1 N–H and O–H groups in total. The minimum atomic E-state index is 0.534. The third kappa shape index (κ3) is 4.46. The second-order valence-corrected chi connectivity index (χ2v) is 6.43. The summed E-state index contributed by atoms with van der Waals surface area (Å²) >= 11 is 1.85. The molecule has 19 heavy (non-hydrogen) atoms. The van der Waals surface area contributed by atoms with Gasteiger partial charge in [-0.05, 0) is 37.5 Å². The molecule has 0 aliphatic carbocycles. The molecule has 0 aromatic heterocycles. The number of methoxy groups -OCH3 is 1. The second-order valence-electron chi connectivity index (χ2n) is 5.00. The lowest BCUT2D eigenvalue weighted by Crippen LogP contribution is -2.38. The Morgan fingerprint density at radius 1 is 1.42 bits per heavy atom. The Kier molecular flexibility index (Phi) is 5.14. The fraction of sp³-hybridized carbons (Fsp3) is 0.533. The van der Waals surface area contributed by atoms with Gasteiger partial charge in [-0.2, -0.15) is 0 Å². The summed E-state index contributed by atoms with van der Waals surface area (Å²) in [5.74, 6) is 0.914. The van der Waals surface area contributed by atoms with Crippen molar-refractivity contribution in [2.75, 3.05) is 13.7 Å². The normalized spacial score (nSPS) is 25.1. The van der Waals surface area contributed by atoms with Gasteiger partial charge in [0.25, 0.3) is 0 Å². The predicted molar refractivity (Wildman–Crippen MR) is 83.3 cm³/mol. The third-order valence-corrected chi connectivity index (χ3v) is 4.22. The van der Waals surface area contributed by atoms with Gasteiger partial charge in [-0.15, -0.1) is 0 Å². The van der Waals surface area contributed by atoms with Crippen molar-refractivity contribution < 1.29 is 4.74 Å². The van der Waals surface area contributed by atoms with E-state index in [-0.39, 0.29) is 0 Å². The fourth-order valence-electron chi connectivity index (χ4n) is 2.24. The Hall–Kier alpha value is -1.16. The quantitative estimate of drug-likeness (QED) is 0.919. The van der Waals surface area contributed by atoms with Gasteiger partial charge < -0.3 is 10.1 Å². The molecular formula is C15H22N2OS. The molecule has 0 amide bonds. The predicted octanol–water partition coefficient (Wildman–Crippen LogP) is 3.10. The van der Waals surface area contributed by atoms with E-state index in [1.807, 2.05) is 23.9 Å². The molecule has 2 rings (SSSR count). The molecule has 2 unspecified atom stereocenters. The summed E-state index contributed by atoms with van der Waals surface area (Å²) in [6.07, 6.45) is 2.16. The lowest BCUT2D eigenvalue weighted by atomic mass is 10.1. The average Bonchev–Trinajstić information content (AvgIpc) is 2.38. The van der Waals surface area contributed by atoms with E-state index in [0.29, 0.717) is 11.3 Å². The maximum atomic E-state index is 5.23. The highest BCUT2D eigenvalue weighted by atomic mass is 32.2. The van der Waals surface area contributed by atoms with Crippen LogP contribution in [0.3, 0.4) is 0 Å². The van der Waals surface area contributed by atoms with E-state index in [4.69, 9.17) is 4.74 Å². The molecule has 4 heteroatoms. The number of thioether (sulfide) groups is 1. The second kappa shape index (κ2) is 6.85. The molecule has 0 spiro atoms. The van der Waals surface area contributed by atoms with Crippen molar-refractivity contribution in [3.8, 4) is 5.75 Å². The Bertz CT molecular complexity index is 436. The highest BCUT2D eigenvalue weighted by Gasteiger charge is 2.19.